The number of hydrogen-bond acceptors (Lipinski definition) is 3. The van der Waals surface area contributed by atoms with Gasteiger partial charge in [0, 0.05) is 6.07 Å². The molecule has 1 atom stereocenters. The van der Waals surface area contributed by atoms with Gasteiger partial charge in [0.05, 0.1) is 28.9 Å². The number of halogens is 2. The zero-order valence-electron chi connectivity index (χ0n) is 10.4. The third-order valence-electron chi connectivity index (χ3n) is 3.16. The fraction of sp³-hybridized carbons (Fsp3) is 0.133. The lowest BCUT2D eigenvalue weighted by Gasteiger charge is -2.28. The fourth-order valence-corrected chi connectivity index (χ4v) is 2.41. The molecule has 3 nitrogen and oxygen atoms in total. The van der Waals surface area contributed by atoms with Gasteiger partial charge >= 0.3 is 0 Å². The second-order valence-corrected chi connectivity index (χ2v) is 4.89. The van der Waals surface area contributed by atoms with Crippen molar-refractivity contribution in [2.75, 3.05) is 11.9 Å². The lowest BCUT2D eigenvalue weighted by Crippen LogP contribution is -2.23. The first-order chi connectivity index (χ1) is 9.67. The van der Waals surface area contributed by atoms with Crippen molar-refractivity contribution in [2.24, 2.45) is 0 Å². The van der Waals surface area contributed by atoms with Crippen LogP contribution in [0.2, 0.25) is 5.02 Å². The van der Waals surface area contributed by atoms with Crippen molar-refractivity contribution in [3.8, 4) is 11.8 Å². The summed E-state index contributed by atoms with van der Waals surface area (Å²) in [6.07, 6.45) is -0.224. The minimum absolute atomic E-state index is 0.224. The Labute approximate surface area is 120 Å². The van der Waals surface area contributed by atoms with E-state index in [0.29, 0.717) is 23.5 Å². The molecule has 0 bridgehead atoms. The molecule has 0 amide bonds. The van der Waals surface area contributed by atoms with E-state index < -0.39 is 5.82 Å². The van der Waals surface area contributed by atoms with Gasteiger partial charge in [0.2, 0.25) is 0 Å². The molecule has 0 aromatic heterocycles. The molecule has 20 heavy (non-hydrogen) atoms. The molecule has 1 unspecified atom stereocenters. The number of nitriles is 1. The Morgan fingerprint density at radius 3 is 2.75 bits per heavy atom. The highest BCUT2D eigenvalue weighted by molar-refractivity contribution is 6.32. The predicted octanol–water partition coefficient (Wildman–Crippen LogP) is 3.90. The summed E-state index contributed by atoms with van der Waals surface area (Å²) in [6.45, 7) is 0.513. The molecular formula is C15H10ClFN2O. The molecule has 1 aliphatic rings. The maximum Gasteiger partial charge on any atom is 0.162 e. The number of benzene rings is 2. The highest BCUT2D eigenvalue weighted by atomic mass is 35.5. The van der Waals surface area contributed by atoms with Crippen molar-refractivity contribution >= 4 is 17.3 Å². The van der Waals surface area contributed by atoms with E-state index in [0.717, 1.165) is 5.56 Å². The number of rotatable bonds is 1. The maximum atomic E-state index is 13.2. The van der Waals surface area contributed by atoms with E-state index in [2.05, 4.69) is 11.4 Å². The molecule has 0 spiro atoms. The first kappa shape index (κ1) is 12.8. The van der Waals surface area contributed by atoms with Gasteiger partial charge in [-0.25, -0.2) is 4.39 Å². The molecule has 3 rings (SSSR count). The van der Waals surface area contributed by atoms with Gasteiger partial charge in [-0.1, -0.05) is 23.7 Å². The van der Waals surface area contributed by atoms with Crippen LogP contribution in [0.25, 0.3) is 0 Å². The molecule has 0 saturated heterocycles. The summed E-state index contributed by atoms with van der Waals surface area (Å²) in [7, 11) is 0. The molecule has 0 saturated carbocycles. The summed E-state index contributed by atoms with van der Waals surface area (Å²) < 4.78 is 19.1. The van der Waals surface area contributed by atoms with Crippen LogP contribution in [0.5, 0.6) is 5.75 Å². The average molecular weight is 289 g/mol. The molecule has 0 fully saturated rings. The van der Waals surface area contributed by atoms with Crippen LogP contribution in [0.1, 0.15) is 17.2 Å². The fourth-order valence-electron chi connectivity index (χ4n) is 2.16. The number of ether oxygens (including phenoxy) is 1. The summed E-state index contributed by atoms with van der Waals surface area (Å²) in [5.41, 5.74) is 2.08. The number of hydrogen-bond donors (Lipinski definition) is 1. The second-order valence-electron chi connectivity index (χ2n) is 4.49. The molecule has 1 N–H and O–H groups in total. The third kappa shape index (κ3) is 2.28. The number of nitrogens with one attached hydrogen (secondary N) is 1. The third-order valence-corrected chi connectivity index (χ3v) is 3.44. The summed E-state index contributed by atoms with van der Waals surface area (Å²) in [5.74, 6) is 0.0512. The molecule has 2 aromatic carbocycles. The van der Waals surface area contributed by atoms with Crippen molar-refractivity contribution in [3.05, 3.63) is 58.4 Å². The highest BCUT2D eigenvalue weighted by Crippen LogP contribution is 2.40. The largest absolute Gasteiger partial charge is 0.480 e. The van der Waals surface area contributed by atoms with Crippen LogP contribution in [-0.2, 0) is 0 Å². The maximum absolute atomic E-state index is 13.2. The van der Waals surface area contributed by atoms with Gasteiger partial charge in [0.15, 0.2) is 5.75 Å². The normalized spacial score (nSPS) is 16.6. The van der Waals surface area contributed by atoms with Crippen LogP contribution in [0.15, 0.2) is 36.4 Å². The van der Waals surface area contributed by atoms with Crippen LogP contribution in [0, 0.1) is 17.1 Å². The molecule has 0 aliphatic carbocycles. The van der Waals surface area contributed by atoms with Crippen LogP contribution < -0.4 is 10.1 Å². The highest BCUT2D eigenvalue weighted by Gasteiger charge is 2.23. The summed E-state index contributed by atoms with van der Waals surface area (Å²) >= 11 is 6.00. The van der Waals surface area contributed by atoms with Gasteiger partial charge in [0.1, 0.15) is 11.9 Å². The monoisotopic (exact) mass is 288 g/mol. The van der Waals surface area contributed by atoms with Crippen LogP contribution in [0.4, 0.5) is 10.1 Å². The van der Waals surface area contributed by atoms with Crippen LogP contribution >= 0.6 is 11.6 Å². The van der Waals surface area contributed by atoms with Gasteiger partial charge in [0.25, 0.3) is 0 Å². The Hall–Kier alpha value is -2.25. The molecule has 2 aromatic rings. The van der Waals surface area contributed by atoms with Gasteiger partial charge < -0.3 is 10.1 Å². The van der Waals surface area contributed by atoms with E-state index in [1.807, 2.05) is 12.1 Å². The minimum Gasteiger partial charge on any atom is -0.480 e. The van der Waals surface area contributed by atoms with E-state index in [9.17, 15) is 4.39 Å². The van der Waals surface area contributed by atoms with Crippen molar-refractivity contribution < 1.29 is 9.13 Å². The van der Waals surface area contributed by atoms with E-state index in [1.54, 1.807) is 12.1 Å². The van der Waals surface area contributed by atoms with E-state index >= 15 is 0 Å². The average Bonchev–Trinajstić information content (AvgIpc) is 2.47. The molecule has 100 valence electrons. The van der Waals surface area contributed by atoms with Crippen LogP contribution in [0.3, 0.4) is 0 Å². The first-order valence-corrected chi connectivity index (χ1v) is 6.45. The Bertz CT molecular complexity index is 694. The topological polar surface area (TPSA) is 45.0 Å². The van der Waals surface area contributed by atoms with Gasteiger partial charge in [-0.15, -0.1) is 0 Å². The summed E-state index contributed by atoms with van der Waals surface area (Å²) in [4.78, 5) is 0. The Morgan fingerprint density at radius 2 is 2.05 bits per heavy atom. The van der Waals surface area contributed by atoms with Crippen molar-refractivity contribution in [3.63, 3.8) is 0 Å². The summed E-state index contributed by atoms with van der Waals surface area (Å²) in [5, 5.41) is 12.1. The standard InChI is InChI=1S/C15H10ClFN2O/c16-12-5-11(17)6-13-15(12)20-14(8-19-13)10-3-1-9(7-18)2-4-10/h1-6,14,19H,8H2. The first-order valence-electron chi connectivity index (χ1n) is 6.07. The molecule has 1 aliphatic heterocycles. The van der Waals surface area contributed by atoms with Crippen molar-refractivity contribution in [1.82, 2.24) is 0 Å². The van der Waals surface area contributed by atoms with Crippen LogP contribution in [-0.4, -0.2) is 6.54 Å². The number of fused-ring (bicyclic) bond motifs is 1. The predicted molar refractivity (Wildman–Crippen MR) is 74.4 cm³/mol. The second kappa shape index (κ2) is 5.03. The van der Waals surface area contributed by atoms with E-state index in [4.69, 9.17) is 21.6 Å². The Kier molecular flexibility index (Phi) is 3.21. The van der Waals surface area contributed by atoms with Gasteiger partial charge in [-0.05, 0) is 23.8 Å². The molecule has 5 heteroatoms. The van der Waals surface area contributed by atoms with Crippen molar-refractivity contribution in [1.29, 1.82) is 5.26 Å². The Balaban J connectivity index is 1.90. The lowest BCUT2D eigenvalue weighted by atomic mass is 10.1. The lowest BCUT2D eigenvalue weighted by molar-refractivity contribution is 0.210. The zero-order chi connectivity index (χ0) is 14.1. The minimum atomic E-state index is -0.401. The number of nitrogens with zero attached hydrogens (tertiary/aromatic N) is 1. The van der Waals surface area contributed by atoms with E-state index in [-0.39, 0.29) is 11.1 Å². The number of anilines is 1. The van der Waals surface area contributed by atoms with Crippen molar-refractivity contribution in [2.45, 2.75) is 6.10 Å². The molecule has 0 radical (unpaired) electrons. The summed E-state index contributed by atoms with van der Waals surface area (Å²) in [6, 6.07) is 11.8. The molecular weight excluding hydrogens is 279 g/mol. The smallest absolute Gasteiger partial charge is 0.162 e. The quantitative estimate of drug-likeness (QED) is 0.865. The Morgan fingerprint density at radius 1 is 1.30 bits per heavy atom. The zero-order valence-corrected chi connectivity index (χ0v) is 11.1. The van der Waals surface area contributed by atoms with E-state index in [1.165, 1.54) is 12.1 Å². The van der Waals surface area contributed by atoms with Gasteiger partial charge in [-0.3, -0.25) is 0 Å². The molecule has 1 heterocycles. The van der Waals surface area contributed by atoms with Gasteiger partial charge in [-0.2, -0.15) is 5.26 Å². The SMILES string of the molecule is N#Cc1ccc(C2CNc3cc(F)cc(Cl)c3O2)cc1.